The van der Waals surface area contributed by atoms with Crippen molar-refractivity contribution in [3.8, 4) is 6.07 Å². The molecule has 1 aliphatic rings. The van der Waals surface area contributed by atoms with Gasteiger partial charge in [-0.15, -0.1) is 0 Å². The number of carbonyl (C=O) groups excluding carboxylic acids is 2. The first-order chi connectivity index (χ1) is 7.97. The van der Waals surface area contributed by atoms with Crippen LogP contribution in [0.2, 0.25) is 0 Å². The van der Waals surface area contributed by atoms with Crippen LogP contribution in [0.4, 0.5) is 0 Å². The zero-order chi connectivity index (χ0) is 12.9. The fourth-order valence-corrected chi connectivity index (χ4v) is 2.84. The Morgan fingerprint density at radius 3 is 2.53 bits per heavy atom. The number of hydrogen-bond acceptors (Lipinski definition) is 5. The van der Waals surface area contributed by atoms with E-state index in [0.29, 0.717) is 25.8 Å². The molecule has 5 nitrogen and oxygen atoms in total. The third-order valence-electron chi connectivity index (χ3n) is 3.26. The normalized spacial score (nSPS) is 36.2. The van der Waals surface area contributed by atoms with Gasteiger partial charge < -0.3 is 0 Å². The van der Waals surface area contributed by atoms with Crippen LogP contribution in [-0.4, -0.2) is 24.7 Å². The first-order valence-corrected chi connectivity index (χ1v) is 5.49. The van der Waals surface area contributed by atoms with Crippen LogP contribution in [0.25, 0.3) is 0 Å². The van der Waals surface area contributed by atoms with Gasteiger partial charge in [0.25, 0.3) is 0 Å². The molecule has 90 valence electrons. The summed E-state index contributed by atoms with van der Waals surface area (Å²) >= 11 is 0. The maximum atomic E-state index is 10.3. The average Bonchev–Trinajstić information content (AvgIpc) is 2.26. The molecule has 0 radical (unpaired) electrons. The van der Waals surface area contributed by atoms with Crippen molar-refractivity contribution in [3.05, 3.63) is 0 Å². The van der Waals surface area contributed by atoms with Gasteiger partial charge >= 0.3 is 0 Å². The van der Waals surface area contributed by atoms with E-state index in [-0.39, 0.29) is 11.5 Å². The van der Waals surface area contributed by atoms with E-state index >= 15 is 0 Å². The molecule has 0 amide bonds. The van der Waals surface area contributed by atoms with Crippen LogP contribution in [0.15, 0.2) is 9.98 Å². The zero-order valence-electron chi connectivity index (χ0n) is 10.1. The van der Waals surface area contributed by atoms with Gasteiger partial charge in [-0.25, -0.2) is 19.6 Å². The van der Waals surface area contributed by atoms with Crippen molar-refractivity contribution in [2.75, 3.05) is 6.54 Å². The van der Waals surface area contributed by atoms with Crippen LogP contribution in [0.1, 0.15) is 33.1 Å². The van der Waals surface area contributed by atoms with E-state index in [4.69, 9.17) is 0 Å². The Kier molecular flexibility index (Phi) is 3.96. The standard InChI is InChI=1S/C12H15N3O2/c1-11(6-13)3-10(15-9-17)4-12(2,5-11)7-14-8-16/h10H,3-5,7H2,1-2H3. The highest BCUT2D eigenvalue weighted by Gasteiger charge is 2.44. The molecule has 0 aromatic rings. The lowest BCUT2D eigenvalue weighted by atomic mass is 9.62. The van der Waals surface area contributed by atoms with Crippen molar-refractivity contribution in [2.24, 2.45) is 20.8 Å². The second-order valence-electron chi connectivity index (χ2n) is 5.35. The van der Waals surface area contributed by atoms with E-state index < -0.39 is 5.41 Å². The van der Waals surface area contributed by atoms with E-state index in [0.717, 1.165) is 0 Å². The Hall–Kier alpha value is -1.75. The molecule has 0 aromatic heterocycles. The molecule has 1 fully saturated rings. The molecule has 0 N–H and O–H groups in total. The minimum absolute atomic E-state index is 0.210. The first-order valence-electron chi connectivity index (χ1n) is 5.49. The van der Waals surface area contributed by atoms with Crippen LogP contribution in [0.3, 0.4) is 0 Å². The molecule has 0 heterocycles. The molecular formula is C12H15N3O2. The summed E-state index contributed by atoms with van der Waals surface area (Å²) in [6, 6.07) is 2.06. The maximum Gasteiger partial charge on any atom is 0.235 e. The highest BCUT2D eigenvalue weighted by Crippen LogP contribution is 2.47. The fraction of sp³-hybridized carbons (Fsp3) is 0.750. The number of nitriles is 1. The number of hydrogen-bond donors (Lipinski definition) is 0. The third kappa shape index (κ3) is 3.35. The Bertz CT molecular complexity index is 430. The van der Waals surface area contributed by atoms with Crippen LogP contribution in [0.5, 0.6) is 0 Å². The van der Waals surface area contributed by atoms with Crippen molar-refractivity contribution in [2.45, 2.75) is 39.2 Å². The summed E-state index contributed by atoms with van der Waals surface area (Å²) in [7, 11) is 0. The van der Waals surface area contributed by atoms with Crippen molar-refractivity contribution >= 4 is 12.2 Å². The molecule has 1 saturated carbocycles. The molecule has 0 aromatic carbocycles. The monoisotopic (exact) mass is 233 g/mol. The van der Waals surface area contributed by atoms with Gasteiger partial charge in [0.15, 0.2) is 0 Å². The molecule has 0 spiro atoms. The van der Waals surface area contributed by atoms with Gasteiger partial charge in [0, 0.05) is 0 Å². The van der Waals surface area contributed by atoms with E-state index in [1.807, 2.05) is 13.8 Å². The summed E-state index contributed by atoms with van der Waals surface area (Å²) in [6.45, 7) is 4.12. The van der Waals surface area contributed by atoms with Gasteiger partial charge in [-0.2, -0.15) is 5.26 Å². The molecular weight excluding hydrogens is 218 g/mol. The van der Waals surface area contributed by atoms with Gasteiger partial charge in [0.2, 0.25) is 12.2 Å². The van der Waals surface area contributed by atoms with Crippen LogP contribution < -0.4 is 0 Å². The zero-order valence-corrected chi connectivity index (χ0v) is 10.1. The summed E-state index contributed by atoms with van der Waals surface area (Å²) in [5.74, 6) is 0. The lowest BCUT2D eigenvalue weighted by Gasteiger charge is -2.42. The molecule has 1 rings (SSSR count). The second kappa shape index (κ2) is 5.05. The van der Waals surface area contributed by atoms with Crippen LogP contribution >= 0.6 is 0 Å². The molecule has 0 aliphatic heterocycles. The number of rotatable bonds is 3. The van der Waals surface area contributed by atoms with Crippen molar-refractivity contribution in [1.29, 1.82) is 5.26 Å². The minimum atomic E-state index is -0.531. The Balaban J connectivity index is 2.96. The number of aliphatic imine (C=N–C) groups is 2. The molecule has 1 aliphatic carbocycles. The first kappa shape index (κ1) is 13.3. The van der Waals surface area contributed by atoms with Gasteiger partial charge in [0.05, 0.1) is 24.1 Å². The molecule has 0 bridgehead atoms. The lowest BCUT2D eigenvalue weighted by Crippen LogP contribution is -2.40. The van der Waals surface area contributed by atoms with Gasteiger partial charge in [-0.1, -0.05) is 6.92 Å². The van der Waals surface area contributed by atoms with E-state index in [9.17, 15) is 14.9 Å². The fourth-order valence-electron chi connectivity index (χ4n) is 2.84. The van der Waals surface area contributed by atoms with Crippen molar-refractivity contribution in [3.63, 3.8) is 0 Å². The summed E-state index contributed by atoms with van der Waals surface area (Å²) in [4.78, 5) is 27.9. The predicted molar refractivity (Wildman–Crippen MR) is 60.6 cm³/mol. The van der Waals surface area contributed by atoms with Gasteiger partial charge in [0.1, 0.15) is 0 Å². The summed E-state index contributed by atoms with van der Waals surface area (Å²) in [5.41, 5.74) is -0.818. The van der Waals surface area contributed by atoms with Crippen LogP contribution in [-0.2, 0) is 9.59 Å². The highest BCUT2D eigenvalue weighted by atomic mass is 16.1. The Morgan fingerprint density at radius 1 is 1.29 bits per heavy atom. The maximum absolute atomic E-state index is 10.3. The number of nitrogens with zero attached hydrogens (tertiary/aromatic N) is 3. The van der Waals surface area contributed by atoms with E-state index in [1.165, 1.54) is 6.08 Å². The third-order valence-corrected chi connectivity index (χ3v) is 3.26. The van der Waals surface area contributed by atoms with E-state index in [2.05, 4.69) is 16.1 Å². The molecule has 17 heavy (non-hydrogen) atoms. The smallest absolute Gasteiger partial charge is 0.211 e. The van der Waals surface area contributed by atoms with Crippen LogP contribution in [0, 0.1) is 22.2 Å². The molecule has 3 unspecified atom stereocenters. The second-order valence-corrected chi connectivity index (χ2v) is 5.35. The lowest BCUT2D eigenvalue weighted by molar-refractivity contribution is 0.117. The SMILES string of the molecule is CC1(C#N)CC(N=C=O)CC(C)(CN=C=O)C1. The topological polar surface area (TPSA) is 82.7 Å². The largest absolute Gasteiger partial charge is 0.235 e. The summed E-state index contributed by atoms with van der Waals surface area (Å²) in [5, 5.41) is 9.20. The minimum Gasteiger partial charge on any atom is -0.211 e. The quantitative estimate of drug-likeness (QED) is 0.550. The molecule has 0 saturated heterocycles. The summed E-state index contributed by atoms with van der Waals surface area (Å²) < 4.78 is 0. The average molecular weight is 233 g/mol. The number of isocyanates is 2. The molecule has 3 atom stereocenters. The predicted octanol–water partition coefficient (Wildman–Crippen LogP) is 1.75. The molecule has 5 heteroatoms. The van der Waals surface area contributed by atoms with Gasteiger partial charge in [-0.05, 0) is 31.6 Å². The highest BCUT2D eigenvalue weighted by molar-refractivity contribution is 5.34. The van der Waals surface area contributed by atoms with Crippen molar-refractivity contribution < 1.29 is 9.59 Å². The van der Waals surface area contributed by atoms with E-state index in [1.54, 1.807) is 6.08 Å². The van der Waals surface area contributed by atoms with Crippen molar-refractivity contribution in [1.82, 2.24) is 0 Å². The Morgan fingerprint density at radius 2 is 2.00 bits per heavy atom. The van der Waals surface area contributed by atoms with Gasteiger partial charge in [-0.3, -0.25) is 0 Å². The summed E-state index contributed by atoms with van der Waals surface area (Å²) in [6.07, 6.45) is 4.91. The Labute approximate surface area is 100 Å².